The van der Waals surface area contributed by atoms with E-state index in [1.807, 2.05) is 0 Å². The average Bonchev–Trinajstić information content (AvgIpc) is 1.82. The lowest BCUT2D eigenvalue weighted by Crippen LogP contribution is -1.97. The molecule has 0 aromatic rings. The second-order valence-electron chi connectivity index (χ2n) is 1.95. The SMILES string of the molecule is CC(C)O[PH](=O)OCCCl. The van der Waals surface area contributed by atoms with Crippen LogP contribution in [0.3, 0.4) is 0 Å². The Bertz CT molecular complexity index is 107. The Labute approximate surface area is 66.6 Å². The fourth-order valence-electron chi connectivity index (χ4n) is 0.348. The summed E-state index contributed by atoms with van der Waals surface area (Å²) < 4.78 is 20.2. The van der Waals surface area contributed by atoms with Crippen LogP contribution in [0, 0.1) is 0 Å². The van der Waals surface area contributed by atoms with Crippen molar-refractivity contribution in [3.63, 3.8) is 0 Å². The van der Waals surface area contributed by atoms with Crippen LogP contribution >= 0.6 is 19.9 Å². The van der Waals surface area contributed by atoms with Crippen molar-refractivity contribution in [2.24, 2.45) is 0 Å². The molecule has 0 aromatic carbocycles. The Morgan fingerprint density at radius 2 is 2.20 bits per heavy atom. The maximum Gasteiger partial charge on any atom is 0.319 e. The number of hydrogen-bond donors (Lipinski definition) is 0. The van der Waals surface area contributed by atoms with Crippen molar-refractivity contribution in [3.8, 4) is 0 Å². The molecule has 0 radical (unpaired) electrons. The largest absolute Gasteiger partial charge is 0.319 e. The molecule has 5 heteroatoms. The molecule has 0 spiro atoms. The lowest BCUT2D eigenvalue weighted by atomic mass is 10.5. The molecule has 0 rings (SSSR count). The predicted molar refractivity (Wildman–Crippen MR) is 41.9 cm³/mol. The van der Waals surface area contributed by atoms with Gasteiger partial charge in [0.05, 0.1) is 12.7 Å². The quantitative estimate of drug-likeness (QED) is 0.487. The summed E-state index contributed by atoms with van der Waals surface area (Å²) in [5, 5.41) is 0. The topological polar surface area (TPSA) is 35.5 Å². The average molecular weight is 187 g/mol. The lowest BCUT2D eigenvalue weighted by Gasteiger charge is -2.05. The van der Waals surface area contributed by atoms with Crippen molar-refractivity contribution in [3.05, 3.63) is 0 Å². The fraction of sp³-hybridized carbons (Fsp3) is 1.00. The van der Waals surface area contributed by atoms with Crippen LogP contribution < -0.4 is 0 Å². The van der Waals surface area contributed by atoms with Crippen molar-refractivity contribution in [1.82, 2.24) is 0 Å². The van der Waals surface area contributed by atoms with Gasteiger partial charge in [0.15, 0.2) is 0 Å². The van der Waals surface area contributed by atoms with Crippen molar-refractivity contribution in [2.75, 3.05) is 12.5 Å². The smallest absolute Gasteiger partial charge is 0.309 e. The van der Waals surface area contributed by atoms with Crippen molar-refractivity contribution in [1.29, 1.82) is 0 Å². The minimum absolute atomic E-state index is 0.0540. The van der Waals surface area contributed by atoms with Gasteiger partial charge in [-0.05, 0) is 13.8 Å². The van der Waals surface area contributed by atoms with Crippen LogP contribution in [-0.2, 0) is 13.6 Å². The molecule has 1 atom stereocenters. The van der Waals surface area contributed by atoms with Gasteiger partial charge in [0, 0.05) is 5.88 Å². The van der Waals surface area contributed by atoms with E-state index in [1.165, 1.54) is 0 Å². The first-order valence-corrected chi connectivity index (χ1v) is 4.82. The molecule has 0 saturated carbocycles. The van der Waals surface area contributed by atoms with Gasteiger partial charge in [-0.25, -0.2) is 0 Å². The van der Waals surface area contributed by atoms with Gasteiger partial charge in [-0.1, -0.05) is 0 Å². The highest BCUT2D eigenvalue weighted by molar-refractivity contribution is 7.33. The van der Waals surface area contributed by atoms with Crippen molar-refractivity contribution >= 4 is 19.9 Å². The van der Waals surface area contributed by atoms with E-state index in [2.05, 4.69) is 0 Å². The molecule has 0 fully saturated rings. The summed E-state index contributed by atoms with van der Waals surface area (Å²) in [5.41, 5.74) is 0. The zero-order valence-electron chi connectivity index (χ0n) is 6.09. The van der Waals surface area contributed by atoms with Gasteiger partial charge in [0.2, 0.25) is 0 Å². The third-order valence-corrected chi connectivity index (χ3v) is 1.89. The summed E-state index contributed by atoms with van der Waals surface area (Å²) in [4.78, 5) is 0. The van der Waals surface area contributed by atoms with E-state index in [4.69, 9.17) is 20.6 Å². The maximum atomic E-state index is 10.7. The summed E-state index contributed by atoms with van der Waals surface area (Å²) >= 11 is 5.28. The summed E-state index contributed by atoms with van der Waals surface area (Å²) in [5.74, 6) is 0.345. The highest BCUT2D eigenvalue weighted by Gasteiger charge is 2.00. The summed E-state index contributed by atoms with van der Waals surface area (Å²) in [6.07, 6.45) is -0.0540. The van der Waals surface area contributed by atoms with Gasteiger partial charge in [-0.2, -0.15) is 0 Å². The van der Waals surface area contributed by atoms with E-state index < -0.39 is 8.25 Å². The van der Waals surface area contributed by atoms with Gasteiger partial charge in [0.25, 0.3) is 0 Å². The van der Waals surface area contributed by atoms with Crippen LogP contribution in [0.4, 0.5) is 0 Å². The number of hydrogen-bond acceptors (Lipinski definition) is 3. The first-order chi connectivity index (χ1) is 4.66. The van der Waals surface area contributed by atoms with Crippen LogP contribution in [-0.4, -0.2) is 18.6 Å². The van der Waals surface area contributed by atoms with E-state index in [0.29, 0.717) is 5.88 Å². The van der Waals surface area contributed by atoms with Crippen LogP contribution in [0.25, 0.3) is 0 Å². The molecule has 0 aliphatic carbocycles. The molecule has 0 N–H and O–H groups in total. The predicted octanol–water partition coefficient (Wildman–Crippen LogP) is 2.06. The molecular formula is C5H12ClO3P. The second-order valence-corrected chi connectivity index (χ2v) is 3.36. The summed E-state index contributed by atoms with van der Waals surface area (Å²) in [6, 6.07) is 0. The molecule has 3 nitrogen and oxygen atoms in total. The van der Waals surface area contributed by atoms with Gasteiger partial charge < -0.3 is 9.05 Å². The van der Waals surface area contributed by atoms with Crippen molar-refractivity contribution in [2.45, 2.75) is 20.0 Å². The summed E-state index contributed by atoms with van der Waals surface area (Å²) in [6.45, 7) is 3.88. The van der Waals surface area contributed by atoms with Crippen LogP contribution in [0.1, 0.15) is 13.8 Å². The van der Waals surface area contributed by atoms with E-state index in [-0.39, 0.29) is 12.7 Å². The van der Waals surface area contributed by atoms with E-state index in [9.17, 15) is 4.57 Å². The number of alkyl halides is 1. The number of rotatable bonds is 5. The zero-order valence-corrected chi connectivity index (χ0v) is 7.85. The van der Waals surface area contributed by atoms with E-state index >= 15 is 0 Å². The van der Waals surface area contributed by atoms with Crippen LogP contribution in [0.5, 0.6) is 0 Å². The molecule has 0 aliphatic heterocycles. The monoisotopic (exact) mass is 186 g/mol. The van der Waals surface area contributed by atoms with E-state index in [1.54, 1.807) is 13.8 Å². The fourth-order valence-corrected chi connectivity index (χ4v) is 1.28. The minimum atomic E-state index is -2.29. The Hall–Kier alpha value is 0.440. The molecular weight excluding hydrogens is 174 g/mol. The summed E-state index contributed by atoms with van der Waals surface area (Å²) in [7, 11) is -2.29. The third kappa shape index (κ3) is 6.56. The van der Waals surface area contributed by atoms with Crippen LogP contribution in [0.2, 0.25) is 0 Å². The van der Waals surface area contributed by atoms with E-state index in [0.717, 1.165) is 0 Å². The van der Waals surface area contributed by atoms with Gasteiger partial charge in [-0.3, -0.25) is 4.57 Å². The Kier molecular flexibility index (Phi) is 6.44. The highest BCUT2D eigenvalue weighted by atomic mass is 35.5. The second kappa shape index (κ2) is 6.17. The molecule has 0 aromatic heterocycles. The molecule has 0 saturated heterocycles. The first kappa shape index (κ1) is 10.4. The van der Waals surface area contributed by atoms with Crippen LogP contribution in [0.15, 0.2) is 0 Å². The van der Waals surface area contributed by atoms with Gasteiger partial charge >= 0.3 is 8.25 Å². The van der Waals surface area contributed by atoms with Gasteiger partial charge in [0.1, 0.15) is 0 Å². The normalized spacial score (nSPS) is 14.0. The third-order valence-electron chi connectivity index (χ3n) is 0.629. The number of halogens is 1. The van der Waals surface area contributed by atoms with Gasteiger partial charge in [-0.15, -0.1) is 11.6 Å². The Morgan fingerprint density at radius 3 is 2.60 bits per heavy atom. The Morgan fingerprint density at radius 1 is 1.60 bits per heavy atom. The molecule has 62 valence electrons. The molecule has 1 unspecified atom stereocenters. The maximum absolute atomic E-state index is 10.7. The van der Waals surface area contributed by atoms with Crippen molar-refractivity contribution < 1.29 is 13.6 Å². The molecule has 10 heavy (non-hydrogen) atoms. The molecule has 0 bridgehead atoms. The highest BCUT2D eigenvalue weighted by Crippen LogP contribution is 2.25. The minimum Gasteiger partial charge on any atom is -0.309 e. The molecule has 0 aliphatic rings. The zero-order chi connectivity index (χ0) is 7.98. The molecule has 0 heterocycles. The molecule has 0 amide bonds. The first-order valence-electron chi connectivity index (χ1n) is 3.06. The lowest BCUT2D eigenvalue weighted by molar-refractivity contribution is 0.193. The Balaban J connectivity index is 3.26. The standard InChI is InChI=1S/C5H12ClO3P/c1-5(2)9-10(7)8-4-3-6/h5,10H,3-4H2,1-2H3.